The molecule has 0 atom stereocenters. The molecule has 7 heteroatoms. The number of carboxylic acid groups (broad SMARTS) is 1. The second-order valence-electron chi connectivity index (χ2n) is 2.22. The molecule has 0 saturated carbocycles. The van der Waals surface area contributed by atoms with E-state index in [0.717, 1.165) is 6.07 Å². The van der Waals surface area contributed by atoms with Gasteiger partial charge in [-0.3, -0.25) is 10.1 Å². The molecule has 3 radical (unpaired) electrons. The lowest BCUT2D eigenvalue weighted by Crippen LogP contribution is -2.02. The summed E-state index contributed by atoms with van der Waals surface area (Å²) in [6.07, 6.45) is 0. The average Bonchev–Trinajstić information content (AvgIpc) is 2.03. The molecular weight excluding hydrogens is 253 g/mol. The molecule has 0 aromatic heterocycles. The molecular formula is C7H4BBrNO4. The first-order valence-electron chi connectivity index (χ1n) is 3.19. The molecule has 1 aromatic carbocycles. The van der Waals surface area contributed by atoms with Crippen molar-refractivity contribution in [3.05, 3.63) is 38.3 Å². The Morgan fingerprint density at radius 1 is 1.50 bits per heavy atom. The summed E-state index contributed by atoms with van der Waals surface area (Å²) in [5.41, 5.74) is -0.727. The van der Waals surface area contributed by atoms with Crippen molar-refractivity contribution in [1.29, 1.82) is 0 Å². The molecule has 5 nitrogen and oxygen atoms in total. The number of nitro benzene ring substituents is 1. The van der Waals surface area contributed by atoms with Crippen LogP contribution in [-0.2, 0) is 0 Å². The monoisotopic (exact) mass is 256 g/mol. The number of rotatable bonds is 2. The van der Waals surface area contributed by atoms with Crippen molar-refractivity contribution in [1.82, 2.24) is 0 Å². The Labute approximate surface area is 89.6 Å². The van der Waals surface area contributed by atoms with Crippen molar-refractivity contribution in [2.24, 2.45) is 0 Å². The molecule has 71 valence electrons. The minimum atomic E-state index is -1.31. The summed E-state index contributed by atoms with van der Waals surface area (Å²) in [7, 11) is 0. The zero-order chi connectivity index (χ0) is 10.0. The zero-order valence-corrected chi connectivity index (χ0v) is 8.39. The lowest BCUT2D eigenvalue weighted by atomic mass is 10.2. The van der Waals surface area contributed by atoms with Gasteiger partial charge in [-0.15, -0.1) is 0 Å². The zero-order valence-electron chi connectivity index (χ0n) is 6.81. The number of aromatic carboxylic acids is 1. The lowest BCUT2D eigenvalue weighted by Gasteiger charge is -1.97. The predicted octanol–water partition coefficient (Wildman–Crippen LogP) is 1.67. The van der Waals surface area contributed by atoms with Gasteiger partial charge in [0.25, 0.3) is 5.69 Å². The fraction of sp³-hybridized carbons (Fsp3) is 0. The fourth-order valence-electron chi connectivity index (χ4n) is 0.837. The largest absolute Gasteiger partial charge is 0.477 e. The molecule has 1 rings (SSSR count). The maximum Gasteiger partial charge on any atom is 0.342 e. The number of benzene rings is 1. The van der Waals surface area contributed by atoms with Gasteiger partial charge in [0, 0.05) is 19.0 Å². The van der Waals surface area contributed by atoms with Gasteiger partial charge in [0.15, 0.2) is 0 Å². The number of nitro groups is 1. The Morgan fingerprint density at radius 2 is 2.07 bits per heavy atom. The van der Waals surface area contributed by atoms with E-state index in [9.17, 15) is 14.9 Å². The van der Waals surface area contributed by atoms with Crippen LogP contribution in [0.4, 0.5) is 5.69 Å². The van der Waals surface area contributed by atoms with Crippen LogP contribution >= 0.6 is 15.9 Å². The second kappa shape index (κ2) is 4.76. The summed E-state index contributed by atoms with van der Waals surface area (Å²) in [5, 5.41) is 19.0. The Morgan fingerprint density at radius 3 is 2.50 bits per heavy atom. The molecule has 1 aromatic rings. The first kappa shape index (κ1) is 12.6. The van der Waals surface area contributed by atoms with Gasteiger partial charge in [0.05, 0.1) is 4.92 Å². The highest BCUT2D eigenvalue weighted by atomic mass is 79.9. The lowest BCUT2D eigenvalue weighted by molar-refractivity contribution is -0.385. The average molecular weight is 257 g/mol. The van der Waals surface area contributed by atoms with Gasteiger partial charge >= 0.3 is 5.97 Å². The summed E-state index contributed by atoms with van der Waals surface area (Å²) < 4.78 is 0.476. The van der Waals surface area contributed by atoms with Crippen LogP contribution in [0.3, 0.4) is 0 Å². The van der Waals surface area contributed by atoms with Crippen LogP contribution < -0.4 is 0 Å². The minimum absolute atomic E-state index is 0. The summed E-state index contributed by atoms with van der Waals surface area (Å²) in [6, 6.07) is 3.78. The molecule has 0 unspecified atom stereocenters. The quantitative estimate of drug-likeness (QED) is 0.496. The molecule has 0 bridgehead atoms. The van der Waals surface area contributed by atoms with Crippen molar-refractivity contribution >= 4 is 36.0 Å². The summed E-state index contributed by atoms with van der Waals surface area (Å²) in [6.45, 7) is 0. The van der Waals surface area contributed by atoms with E-state index in [1.165, 1.54) is 12.1 Å². The van der Waals surface area contributed by atoms with E-state index >= 15 is 0 Å². The van der Waals surface area contributed by atoms with Crippen molar-refractivity contribution in [2.75, 3.05) is 0 Å². The van der Waals surface area contributed by atoms with Gasteiger partial charge in [0.1, 0.15) is 5.56 Å². The number of carboxylic acids is 1. The van der Waals surface area contributed by atoms with Gasteiger partial charge in [-0.2, -0.15) is 0 Å². The number of hydrogen-bond acceptors (Lipinski definition) is 3. The Kier molecular flexibility index (Phi) is 4.29. The van der Waals surface area contributed by atoms with E-state index in [1.54, 1.807) is 0 Å². The van der Waals surface area contributed by atoms with E-state index in [0.29, 0.717) is 4.47 Å². The number of carbonyl (C=O) groups is 1. The van der Waals surface area contributed by atoms with Crippen molar-refractivity contribution in [2.45, 2.75) is 0 Å². The molecule has 1 N–H and O–H groups in total. The van der Waals surface area contributed by atoms with Crippen LogP contribution in [-0.4, -0.2) is 24.4 Å². The highest BCUT2D eigenvalue weighted by Crippen LogP contribution is 2.23. The maximum atomic E-state index is 10.5. The molecule has 14 heavy (non-hydrogen) atoms. The Balaban J connectivity index is 0.00000169. The normalized spacial score (nSPS) is 8.93. The highest BCUT2D eigenvalue weighted by molar-refractivity contribution is 9.10. The number of nitrogens with zero attached hydrogens (tertiary/aromatic N) is 1. The molecule has 0 aliphatic rings. The second-order valence-corrected chi connectivity index (χ2v) is 3.14. The smallest absolute Gasteiger partial charge is 0.342 e. The molecule has 0 heterocycles. The van der Waals surface area contributed by atoms with Gasteiger partial charge in [-0.05, 0) is 12.1 Å². The van der Waals surface area contributed by atoms with Gasteiger partial charge < -0.3 is 5.11 Å². The third-order valence-electron chi connectivity index (χ3n) is 1.39. The van der Waals surface area contributed by atoms with E-state index in [-0.39, 0.29) is 14.0 Å². The summed E-state index contributed by atoms with van der Waals surface area (Å²) >= 11 is 3.02. The molecule has 0 saturated heterocycles. The van der Waals surface area contributed by atoms with Crippen LogP contribution in [0.1, 0.15) is 10.4 Å². The van der Waals surface area contributed by atoms with Crippen molar-refractivity contribution in [3.8, 4) is 0 Å². The highest BCUT2D eigenvalue weighted by Gasteiger charge is 2.19. The van der Waals surface area contributed by atoms with E-state index < -0.39 is 16.6 Å². The molecule has 0 amide bonds. The number of halogens is 1. The third-order valence-corrected chi connectivity index (χ3v) is 1.88. The number of hydrogen-bond donors (Lipinski definition) is 1. The summed E-state index contributed by atoms with van der Waals surface area (Å²) in [4.78, 5) is 20.2. The molecule has 0 fully saturated rings. The maximum absolute atomic E-state index is 10.5. The minimum Gasteiger partial charge on any atom is -0.477 e. The van der Waals surface area contributed by atoms with E-state index in [4.69, 9.17) is 5.11 Å². The Bertz CT molecular complexity index is 382. The predicted molar refractivity (Wildman–Crippen MR) is 53.5 cm³/mol. The van der Waals surface area contributed by atoms with Crippen LogP contribution in [0.2, 0.25) is 0 Å². The van der Waals surface area contributed by atoms with Crippen LogP contribution in [0.15, 0.2) is 22.7 Å². The topological polar surface area (TPSA) is 80.4 Å². The van der Waals surface area contributed by atoms with Crippen LogP contribution in [0.25, 0.3) is 0 Å². The molecule has 0 aliphatic heterocycles. The SMILES string of the molecule is O=C(O)c1ccc(Br)cc1[N+](=O)[O-].[B]. The standard InChI is InChI=1S/C7H4BrNO4.B/c8-4-1-2-5(7(10)11)6(3-4)9(12)13;/h1-3H,(H,10,11);. The van der Waals surface area contributed by atoms with E-state index in [2.05, 4.69) is 15.9 Å². The van der Waals surface area contributed by atoms with Crippen molar-refractivity contribution < 1.29 is 14.8 Å². The van der Waals surface area contributed by atoms with E-state index in [1.807, 2.05) is 0 Å². The van der Waals surface area contributed by atoms with Gasteiger partial charge in [-0.1, -0.05) is 15.9 Å². The first-order valence-corrected chi connectivity index (χ1v) is 3.99. The van der Waals surface area contributed by atoms with Gasteiger partial charge in [0.2, 0.25) is 0 Å². The van der Waals surface area contributed by atoms with Crippen LogP contribution in [0.5, 0.6) is 0 Å². The van der Waals surface area contributed by atoms with Crippen molar-refractivity contribution in [3.63, 3.8) is 0 Å². The summed E-state index contributed by atoms with van der Waals surface area (Å²) in [5.74, 6) is -1.31. The first-order chi connectivity index (χ1) is 6.02. The fourth-order valence-corrected chi connectivity index (χ4v) is 1.19. The van der Waals surface area contributed by atoms with Gasteiger partial charge in [-0.25, -0.2) is 4.79 Å². The molecule has 0 spiro atoms. The third kappa shape index (κ3) is 2.56. The van der Waals surface area contributed by atoms with Crippen LogP contribution in [0, 0.1) is 10.1 Å². The Hall–Kier alpha value is -1.37. The molecule has 0 aliphatic carbocycles.